The summed E-state index contributed by atoms with van der Waals surface area (Å²) in [7, 11) is 20.4. The van der Waals surface area contributed by atoms with Crippen molar-refractivity contribution in [3.8, 4) is 57.5 Å². The Morgan fingerprint density at radius 3 is 1.18 bits per heavy atom. The van der Waals surface area contributed by atoms with Crippen LogP contribution >= 0.6 is 11.6 Å². The molecule has 71 heavy (non-hydrogen) atoms. The van der Waals surface area contributed by atoms with Crippen molar-refractivity contribution in [2.24, 2.45) is 0 Å². The number of ether oxygens (including phenoxy) is 12. The van der Waals surface area contributed by atoms with Gasteiger partial charge in [0.25, 0.3) is 0 Å². The van der Waals surface area contributed by atoms with E-state index in [1.807, 2.05) is 48.5 Å². The molecule has 0 saturated carbocycles. The average molecular weight is 1050 g/mol. The highest BCUT2D eigenvalue weighted by molar-refractivity contribution is 6.42. The molecule has 390 valence electrons. The summed E-state index contributed by atoms with van der Waals surface area (Å²) in [6, 6.07) is 15.6. The fraction of sp³-hybridized carbons (Fsp3) is 0.462. The minimum absolute atomic E-state index is 0. The van der Waals surface area contributed by atoms with Gasteiger partial charge in [-0.25, -0.2) is 9.59 Å². The van der Waals surface area contributed by atoms with Crippen LogP contribution in [0.1, 0.15) is 58.3 Å². The van der Waals surface area contributed by atoms with Crippen molar-refractivity contribution in [3.05, 3.63) is 93.0 Å². The summed E-state index contributed by atoms with van der Waals surface area (Å²) < 4.78 is 69.5. The molecular weight excluding hydrogens is 983 g/mol. The van der Waals surface area contributed by atoms with Crippen LogP contribution in [-0.4, -0.2) is 145 Å². The van der Waals surface area contributed by atoms with Crippen LogP contribution in [0.15, 0.2) is 59.6 Å². The second-order valence-electron chi connectivity index (χ2n) is 17.4. The van der Waals surface area contributed by atoms with E-state index in [0.717, 1.165) is 65.4 Å². The maximum atomic E-state index is 13.1. The minimum Gasteiger partial charge on any atom is -1.00 e. The fourth-order valence-corrected chi connectivity index (χ4v) is 10.2. The first-order chi connectivity index (χ1) is 33.2. The van der Waals surface area contributed by atoms with E-state index in [2.05, 4.69) is 14.1 Å². The molecule has 2 aliphatic rings. The van der Waals surface area contributed by atoms with Crippen molar-refractivity contribution in [2.45, 2.75) is 37.8 Å². The van der Waals surface area contributed by atoms with Crippen molar-refractivity contribution in [1.82, 2.24) is 0 Å². The Morgan fingerprint density at radius 2 is 0.845 bits per heavy atom. The fourth-order valence-electron chi connectivity index (χ4n) is 10.0. The van der Waals surface area contributed by atoms with E-state index >= 15 is 0 Å². The van der Waals surface area contributed by atoms with Gasteiger partial charge in [0.2, 0.25) is 11.5 Å². The van der Waals surface area contributed by atoms with Crippen LogP contribution in [0.25, 0.3) is 0 Å². The van der Waals surface area contributed by atoms with Gasteiger partial charge in [0, 0.05) is 54.0 Å². The normalized spacial score (nSPS) is 19.0. The molecule has 0 aliphatic carbocycles. The van der Waals surface area contributed by atoms with Gasteiger partial charge in [-0.15, -0.1) is 0 Å². The Labute approximate surface area is 434 Å². The SMILES string of the molecule is COc1cc2c(cc1OC)C(c1cc(OC)c(OC)c(OC)c1)[N@+](C)(CCCOC(=O)/C(Cl)=C/C(=O)OCCC[N@+]1(C)CCc3cc(OC)c(OC)cc3[C@H]1c1cc(OC)c(OC)c(OC)c1)CC2.[Cl-].[Cl-]. The quantitative estimate of drug-likeness (QED) is 0.0487. The largest absolute Gasteiger partial charge is 1.00 e. The molecule has 19 heteroatoms. The van der Waals surface area contributed by atoms with Gasteiger partial charge in [-0.05, 0) is 59.7 Å². The molecule has 0 aromatic heterocycles. The highest BCUT2D eigenvalue weighted by Crippen LogP contribution is 2.50. The van der Waals surface area contributed by atoms with Crippen LogP contribution < -0.4 is 72.2 Å². The second kappa shape index (κ2) is 25.6. The first-order valence-electron chi connectivity index (χ1n) is 22.7. The molecule has 2 aliphatic heterocycles. The lowest BCUT2D eigenvalue weighted by molar-refractivity contribution is -0.935. The summed E-state index contributed by atoms with van der Waals surface area (Å²) in [4.78, 5) is 26.1. The van der Waals surface area contributed by atoms with Gasteiger partial charge in [0.05, 0.1) is 125 Å². The van der Waals surface area contributed by atoms with Crippen molar-refractivity contribution in [2.75, 3.05) is 125 Å². The molecule has 0 saturated heterocycles. The first kappa shape index (κ1) is 57.9. The standard InChI is InChI=1S/C52H67ClN2O14.2ClH/c1-54(19-15-32-23-39(58-3)41(60-5)29-36(32)48(54)34-25-43(62-7)50(66-11)44(26-34)63-8)17-13-21-68-47(56)31-38(53)52(57)69-22-14-18-55(2)20-16-33-24-40(59-4)42(61-6)30-37(33)49(55)35-27-45(64-9)51(67-12)46(28-35)65-10;;/h23-31,48-49H,13-22H2,1-12H3;2*1H/q+2;;/p-2/b38-31-;;/t48-,49?,54-,55-;;/m1../s1. The number of fused-ring (bicyclic) bond motifs is 2. The van der Waals surface area contributed by atoms with Gasteiger partial charge in [0.15, 0.2) is 46.0 Å². The molecule has 0 fully saturated rings. The molecule has 0 N–H and O–H groups in total. The molecule has 2 heterocycles. The van der Waals surface area contributed by atoms with Gasteiger partial charge in [0.1, 0.15) is 17.1 Å². The Bertz CT molecular complexity index is 2470. The Kier molecular flexibility index (Phi) is 20.9. The Hall–Kier alpha value is -5.65. The van der Waals surface area contributed by atoms with Crippen LogP contribution in [0.3, 0.4) is 0 Å². The lowest BCUT2D eigenvalue weighted by atomic mass is 9.85. The summed E-state index contributed by atoms with van der Waals surface area (Å²) in [5.74, 6) is 4.12. The van der Waals surface area contributed by atoms with Crippen LogP contribution in [0, 0.1) is 0 Å². The highest BCUT2D eigenvalue weighted by atomic mass is 35.5. The number of likely N-dealkylation sites (N-methyl/N-ethyl adjacent to an activating group) is 2. The van der Waals surface area contributed by atoms with E-state index in [9.17, 15) is 9.59 Å². The monoisotopic (exact) mass is 1050 g/mol. The predicted octanol–water partition coefficient (Wildman–Crippen LogP) is 1.65. The summed E-state index contributed by atoms with van der Waals surface area (Å²) in [6.07, 6.45) is 3.53. The zero-order valence-corrected chi connectivity index (χ0v) is 44.9. The molecule has 4 aromatic carbocycles. The number of carbonyl (C=O) groups excluding carboxylic acids is 2. The van der Waals surface area contributed by atoms with Crippen LogP contribution in [-0.2, 0) is 31.9 Å². The topological polar surface area (TPSA) is 145 Å². The molecular formula is C52H67Cl3N2O14. The minimum atomic E-state index is -0.816. The second-order valence-corrected chi connectivity index (χ2v) is 17.8. The summed E-state index contributed by atoms with van der Waals surface area (Å²) in [6.45, 7) is 2.96. The van der Waals surface area contributed by atoms with E-state index in [0.29, 0.717) is 92.4 Å². The van der Waals surface area contributed by atoms with E-state index in [-0.39, 0.29) is 55.1 Å². The van der Waals surface area contributed by atoms with Gasteiger partial charge < -0.3 is 90.6 Å². The summed E-state index contributed by atoms with van der Waals surface area (Å²) in [5.41, 5.74) is 6.29. The van der Waals surface area contributed by atoms with Crippen molar-refractivity contribution < 1.29 is 100 Å². The Balaban J connectivity index is 0.00000548. The third-order valence-corrected chi connectivity index (χ3v) is 13.7. The zero-order chi connectivity index (χ0) is 50.0. The smallest absolute Gasteiger partial charge is 0.350 e. The third kappa shape index (κ3) is 12.3. The third-order valence-electron chi connectivity index (χ3n) is 13.5. The Morgan fingerprint density at radius 1 is 0.507 bits per heavy atom. The molecule has 1 unspecified atom stereocenters. The number of hydrogen-bond acceptors (Lipinski definition) is 14. The van der Waals surface area contributed by atoms with E-state index < -0.39 is 11.9 Å². The maximum Gasteiger partial charge on any atom is 0.350 e. The van der Waals surface area contributed by atoms with E-state index in [1.54, 1.807) is 71.1 Å². The van der Waals surface area contributed by atoms with Gasteiger partial charge in [-0.1, -0.05) is 11.6 Å². The summed E-state index contributed by atoms with van der Waals surface area (Å²) in [5, 5.41) is -0.373. The molecule has 0 radical (unpaired) electrons. The molecule has 4 atom stereocenters. The van der Waals surface area contributed by atoms with E-state index in [1.165, 1.54) is 0 Å². The predicted molar refractivity (Wildman–Crippen MR) is 259 cm³/mol. The van der Waals surface area contributed by atoms with Gasteiger partial charge >= 0.3 is 11.9 Å². The number of carbonyl (C=O) groups is 2. The number of methoxy groups -OCH3 is 10. The molecule has 0 spiro atoms. The van der Waals surface area contributed by atoms with Crippen LogP contribution in [0.2, 0.25) is 0 Å². The molecule has 16 nitrogen and oxygen atoms in total. The lowest BCUT2D eigenvalue weighted by Crippen LogP contribution is -3.00. The van der Waals surface area contributed by atoms with E-state index in [4.69, 9.17) is 68.4 Å². The summed E-state index contributed by atoms with van der Waals surface area (Å²) >= 11 is 6.36. The molecule has 4 aromatic rings. The van der Waals surface area contributed by atoms with Crippen molar-refractivity contribution in [1.29, 1.82) is 0 Å². The zero-order valence-electron chi connectivity index (χ0n) is 42.7. The average Bonchev–Trinajstić information content (AvgIpc) is 3.36. The van der Waals surface area contributed by atoms with Crippen molar-refractivity contribution in [3.63, 3.8) is 0 Å². The van der Waals surface area contributed by atoms with Crippen LogP contribution in [0.5, 0.6) is 57.5 Å². The number of nitrogens with zero attached hydrogens (tertiary/aromatic N) is 2. The molecule has 6 rings (SSSR count). The maximum absolute atomic E-state index is 13.1. The number of quaternary nitrogens is 2. The van der Waals surface area contributed by atoms with Crippen molar-refractivity contribution >= 4 is 23.5 Å². The number of halogens is 3. The number of hydrogen-bond donors (Lipinski definition) is 0. The van der Waals surface area contributed by atoms with Crippen LogP contribution in [0.4, 0.5) is 0 Å². The van der Waals surface area contributed by atoms with Gasteiger partial charge in [-0.2, -0.15) is 0 Å². The van der Waals surface area contributed by atoms with Gasteiger partial charge in [-0.3, -0.25) is 0 Å². The number of benzene rings is 4. The number of rotatable bonds is 22. The molecule has 0 bridgehead atoms. The molecule has 0 amide bonds. The number of esters is 2. The lowest BCUT2D eigenvalue weighted by Gasteiger charge is -2.46. The first-order valence-corrected chi connectivity index (χ1v) is 23.1. The highest BCUT2D eigenvalue weighted by Gasteiger charge is 2.43.